The predicted molar refractivity (Wildman–Crippen MR) is 139 cm³/mol. The van der Waals surface area contributed by atoms with Gasteiger partial charge in [-0.25, -0.2) is 19.9 Å². The summed E-state index contributed by atoms with van der Waals surface area (Å²) >= 11 is 0. The Morgan fingerprint density at radius 1 is 1.11 bits per heavy atom. The van der Waals surface area contributed by atoms with Gasteiger partial charge in [0.25, 0.3) is 0 Å². The van der Waals surface area contributed by atoms with Crippen LogP contribution < -0.4 is 20.7 Å². The van der Waals surface area contributed by atoms with Crippen LogP contribution in [0.3, 0.4) is 0 Å². The number of benzene rings is 2. The van der Waals surface area contributed by atoms with Crippen LogP contribution >= 0.6 is 0 Å². The second-order valence-electron chi connectivity index (χ2n) is 10.5. The maximum absolute atomic E-state index is 12.7. The average Bonchev–Trinajstić information content (AvgIpc) is 3.62. The van der Waals surface area contributed by atoms with Crippen molar-refractivity contribution >= 4 is 17.7 Å². The molecule has 0 aromatic heterocycles. The molecular weight excluding hydrogens is 474 g/mol. The first-order valence-corrected chi connectivity index (χ1v) is 12.9. The van der Waals surface area contributed by atoms with Crippen LogP contribution in [0.15, 0.2) is 48.5 Å². The largest absolute Gasteiger partial charge is 0.465 e. The van der Waals surface area contributed by atoms with Crippen molar-refractivity contribution in [2.75, 3.05) is 18.6 Å². The number of hydrogen-bond donors (Lipinski definition) is 2. The number of hydrazine groups is 1. The highest BCUT2D eigenvalue weighted by Crippen LogP contribution is 2.34. The molecule has 0 spiro atoms. The highest BCUT2D eigenvalue weighted by atomic mass is 16.8. The maximum Gasteiger partial charge on any atom is 0.408 e. The third kappa shape index (κ3) is 7.84. The molecule has 2 aromatic carbocycles. The molecule has 2 atom stereocenters. The van der Waals surface area contributed by atoms with Gasteiger partial charge in [-0.05, 0) is 75.3 Å². The van der Waals surface area contributed by atoms with Gasteiger partial charge in [-0.1, -0.05) is 37.3 Å². The Kier molecular flexibility index (Phi) is 8.56. The highest BCUT2D eigenvalue weighted by molar-refractivity contribution is 5.81. The molecule has 1 aliphatic carbocycles. The zero-order valence-corrected chi connectivity index (χ0v) is 22.0. The summed E-state index contributed by atoms with van der Waals surface area (Å²) in [4.78, 5) is 30.8. The van der Waals surface area contributed by atoms with Crippen molar-refractivity contribution in [1.82, 2.24) is 10.7 Å². The summed E-state index contributed by atoms with van der Waals surface area (Å²) in [6.45, 7) is 7.85. The van der Waals surface area contributed by atoms with Crippen LogP contribution in [0.5, 0.6) is 5.75 Å². The number of ether oxygens (including phenoxy) is 3. The van der Waals surface area contributed by atoms with E-state index in [1.54, 1.807) is 38.1 Å². The third-order valence-electron chi connectivity index (χ3n) is 6.12. The van der Waals surface area contributed by atoms with E-state index in [0.717, 1.165) is 30.5 Å². The van der Waals surface area contributed by atoms with Crippen molar-refractivity contribution in [3.05, 3.63) is 59.7 Å². The lowest BCUT2D eigenvalue weighted by molar-refractivity contribution is -0.146. The number of esters is 1. The zero-order valence-electron chi connectivity index (χ0n) is 22.0. The summed E-state index contributed by atoms with van der Waals surface area (Å²) < 4.78 is 16.5. The molecule has 4 rings (SSSR count). The Morgan fingerprint density at radius 3 is 2.51 bits per heavy atom. The molecule has 1 amide bonds. The van der Waals surface area contributed by atoms with Gasteiger partial charge >= 0.3 is 12.1 Å². The van der Waals surface area contributed by atoms with E-state index >= 15 is 0 Å². The number of nitrogens with one attached hydrogen (secondary N) is 2. The summed E-state index contributed by atoms with van der Waals surface area (Å²) in [5.41, 5.74) is 5.68. The maximum atomic E-state index is 12.7. The van der Waals surface area contributed by atoms with Crippen molar-refractivity contribution < 1.29 is 28.6 Å². The van der Waals surface area contributed by atoms with Crippen molar-refractivity contribution in [2.45, 2.75) is 71.1 Å². The lowest BCUT2D eigenvalue weighted by Gasteiger charge is -2.23. The fourth-order valence-corrected chi connectivity index (χ4v) is 4.00. The van der Waals surface area contributed by atoms with Crippen LogP contribution in [0, 0.1) is 5.92 Å². The van der Waals surface area contributed by atoms with E-state index in [1.165, 1.54) is 5.56 Å². The van der Waals surface area contributed by atoms with E-state index < -0.39 is 23.7 Å². The monoisotopic (exact) mass is 511 g/mol. The number of fused-ring (bicyclic) bond motifs is 1. The molecule has 2 aromatic rings. The fourth-order valence-electron chi connectivity index (χ4n) is 4.00. The summed E-state index contributed by atoms with van der Waals surface area (Å²) in [5.74, 6) is 0.591. The van der Waals surface area contributed by atoms with Gasteiger partial charge in [0.1, 0.15) is 17.4 Å². The summed E-state index contributed by atoms with van der Waals surface area (Å²) in [6, 6.07) is 14.7. The molecule has 9 heteroatoms. The van der Waals surface area contributed by atoms with Crippen LogP contribution in [0.4, 0.5) is 10.5 Å². The van der Waals surface area contributed by atoms with Gasteiger partial charge < -0.3 is 19.5 Å². The van der Waals surface area contributed by atoms with E-state index in [4.69, 9.17) is 19.0 Å². The van der Waals surface area contributed by atoms with Crippen LogP contribution in [-0.4, -0.2) is 37.1 Å². The first-order valence-electron chi connectivity index (χ1n) is 12.9. The molecule has 0 saturated heterocycles. The number of rotatable bonds is 11. The quantitative estimate of drug-likeness (QED) is 0.327. The first kappa shape index (κ1) is 26.8. The third-order valence-corrected chi connectivity index (χ3v) is 6.12. The van der Waals surface area contributed by atoms with Gasteiger partial charge in [0.05, 0.1) is 18.3 Å². The van der Waals surface area contributed by atoms with Gasteiger partial charge in [0, 0.05) is 6.42 Å². The minimum Gasteiger partial charge on any atom is -0.465 e. The number of carbonyl (C=O) groups is 2. The van der Waals surface area contributed by atoms with Gasteiger partial charge in [0.15, 0.2) is 0 Å². The van der Waals surface area contributed by atoms with E-state index in [-0.39, 0.29) is 19.3 Å². The minimum absolute atomic E-state index is 0.0213. The smallest absolute Gasteiger partial charge is 0.408 e. The number of alkyl carbamates (subject to hydrolysis) is 1. The van der Waals surface area contributed by atoms with Crippen LogP contribution in [0.25, 0.3) is 0 Å². The molecule has 1 heterocycles. The molecule has 0 radical (unpaired) electrons. The molecular formula is C28H37N3O6. The number of hydrogen-bond acceptors (Lipinski definition) is 8. The van der Waals surface area contributed by atoms with Crippen LogP contribution in [0.2, 0.25) is 0 Å². The molecule has 1 saturated carbocycles. The number of carbonyl (C=O) groups excluding carboxylic acids is 2. The van der Waals surface area contributed by atoms with Gasteiger partial charge in [-0.2, -0.15) is 5.17 Å². The Balaban J connectivity index is 1.30. The molecule has 2 aliphatic rings. The molecule has 0 bridgehead atoms. The summed E-state index contributed by atoms with van der Waals surface area (Å²) in [5, 5.41) is 4.31. The average molecular weight is 512 g/mol. The lowest BCUT2D eigenvalue weighted by atomic mass is 10.1. The topological polar surface area (TPSA) is 98.4 Å². The SMILES string of the molecule is CCC1NN(OCOc2ccc(CC(NC(=O)OC(C)(C)C)C(=O)OCC3CC3)cc2)c2ccccc21. The Morgan fingerprint density at radius 2 is 1.84 bits per heavy atom. The van der Waals surface area contributed by atoms with E-state index in [2.05, 4.69) is 23.7 Å². The minimum atomic E-state index is -0.850. The zero-order chi connectivity index (χ0) is 26.4. The molecule has 2 N–H and O–H groups in total. The number of para-hydroxylation sites is 1. The Labute approximate surface area is 218 Å². The molecule has 1 fully saturated rings. The standard InChI is InChI=1S/C28H37N3O6/c1-5-23-22-8-6-7-9-25(22)31(30-23)36-18-35-21-14-12-19(13-15-21)16-24(26(32)34-17-20-10-11-20)29-27(33)37-28(2,3)4/h6-9,12-15,20,23-24,30H,5,10-11,16-18H2,1-4H3,(H,29,33). The van der Waals surface area contributed by atoms with Crippen molar-refractivity contribution in [3.8, 4) is 5.75 Å². The second-order valence-corrected chi connectivity index (χ2v) is 10.5. The van der Waals surface area contributed by atoms with E-state index in [0.29, 0.717) is 18.3 Å². The Bertz CT molecular complexity index is 1060. The van der Waals surface area contributed by atoms with E-state index in [9.17, 15) is 9.59 Å². The predicted octanol–water partition coefficient (Wildman–Crippen LogP) is 4.82. The van der Waals surface area contributed by atoms with Crippen molar-refractivity contribution in [3.63, 3.8) is 0 Å². The normalized spacial score (nSPS) is 17.6. The van der Waals surface area contributed by atoms with Crippen molar-refractivity contribution in [1.29, 1.82) is 0 Å². The second kappa shape index (κ2) is 11.8. The summed E-state index contributed by atoms with van der Waals surface area (Å²) in [7, 11) is 0. The first-order chi connectivity index (χ1) is 17.7. The number of nitrogens with zero attached hydrogens (tertiary/aromatic N) is 1. The van der Waals surface area contributed by atoms with Crippen molar-refractivity contribution in [2.24, 2.45) is 5.92 Å². The Hall–Kier alpha value is -3.30. The van der Waals surface area contributed by atoms with E-state index in [1.807, 2.05) is 30.3 Å². The molecule has 1 aliphatic heterocycles. The molecule has 2 unspecified atom stereocenters. The van der Waals surface area contributed by atoms with Crippen LogP contribution in [0.1, 0.15) is 64.1 Å². The molecule has 200 valence electrons. The fraction of sp³-hybridized carbons (Fsp3) is 0.500. The highest BCUT2D eigenvalue weighted by Gasteiger charge is 2.29. The molecule has 37 heavy (non-hydrogen) atoms. The van der Waals surface area contributed by atoms with Gasteiger partial charge in [-0.3, -0.25) is 0 Å². The summed E-state index contributed by atoms with van der Waals surface area (Å²) in [6.07, 6.45) is 2.70. The molecule has 9 nitrogen and oxygen atoms in total. The number of anilines is 1. The van der Waals surface area contributed by atoms with Gasteiger partial charge in [0.2, 0.25) is 6.79 Å². The van der Waals surface area contributed by atoms with Crippen LogP contribution in [-0.2, 0) is 25.5 Å². The van der Waals surface area contributed by atoms with Gasteiger partial charge in [-0.15, -0.1) is 0 Å². The number of amides is 1. The lowest BCUT2D eigenvalue weighted by Crippen LogP contribution is -2.45.